The van der Waals surface area contributed by atoms with Crippen LogP contribution in [-0.2, 0) is 4.79 Å². The minimum atomic E-state index is -0.215. The molecule has 0 aliphatic heterocycles. The summed E-state index contributed by atoms with van der Waals surface area (Å²) in [6.07, 6.45) is 2.22. The van der Waals surface area contributed by atoms with Crippen molar-refractivity contribution in [2.75, 3.05) is 5.32 Å². The van der Waals surface area contributed by atoms with E-state index in [2.05, 4.69) is 15.3 Å². The Morgan fingerprint density at radius 1 is 1.32 bits per heavy atom. The van der Waals surface area contributed by atoms with Crippen LogP contribution in [-0.4, -0.2) is 21.1 Å². The zero-order valence-corrected chi connectivity index (χ0v) is 14.3. The second-order valence-electron chi connectivity index (χ2n) is 4.96. The van der Waals surface area contributed by atoms with Crippen molar-refractivity contribution >= 4 is 35.0 Å². The molecule has 1 aromatic carbocycles. The van der Waals surface area contributed by atoms with E-state index in [4.69, 9.17) is 11.6 Å². The van der Waals surface area contributed by atoms with Crippen molar-refractivity contribution in [3.63, 3.8) is 0 Å². The number of nitrogens with zero attached hydrogens (tertiary/aromatic N) is 2. The Hall–Kier alpha value is -1.59. The summed E-state index contributed by atoms with van der Waals surface area (Å²) in [7, 11) is 0. The van der Waals surface area contributed by atoms with Gasteiger partial charge in [-0.05, 0) is 44.0 Å². The first kappa shape index (κ1) is 16.8. The molecule has 1 N–H and O–H groups in total. The van der Waals surface area contributed by atoms with E-state index in [1.807, 2.05) is 39.0 Å². The highest BCUT2D eigenvalue weighted by molar-refractivity contribution is 8.00. The van der Waals surface area contributed by atoms with E-state index in [0.717, 1.165) is 22.0 Å². The van der Waals surface area contributed by atoms with Crippen LogP contribution in [0.5, 0.6) is 0 Å². The van der Waals surface area contributed by atoms with Gasteiger partial charge in [-0.1, -0.05) is 36.4 Å². The molecule has 1 atom stereocenters. The largest absolute Gasteiger partial charge is 0.325 e. The lowest BCUT2D eigenvalue weighted by atomic mass is 10.2. The summed E-state index contributed by atoms with van der Waals surface area (Å²) in [5, 5.41) is 4.14. The maximum atomic E-state index is 12.5. The van der Waals surface area contributed by atoms with Crippen LogP contribution >= 0.6 is 23.4 Å². The van der Waals surface area contributed by atoms with Gasteiger partial charge in [0.1, 0.15) is 11.4 Å². The first-order valence-corrected chi connectivity index (χ1v) is 8.27. The minimum Gasteiger partial charge on any atom is -0.325 e. The van der Waals surface area contributed by atoms with Gasteiger partial charge in [0.25, 0.3) is 0 Å². The van der Waals surface area contributed by atoms with Crippen molar-refractivity contribution in [3.8, 4) is 0 Å². The van der Waals surface area contributed by atoms with Gasteiger partial charge in [0, 0.05) is 16.4 Å². The molecule has 4 nitrogen and oxygen atoms in total. The van der Waals surface area contributed by atoms with Gasteiger partial charge in [-0.15, -0.1) is 0 Å². The van der Waals surface area contributed by atoms with Gasteiger partial charge in [0.05, 0.1) is 5.25 Å². The van der Waals surface area contributed by atoms with Crippen molar-refractivity contribution in [1.29, 1.82) is 0 Å². The first-order chi connectivity index (χ1) is 10.5. The fourth-order valence-electron chi connectivity index (χ4n) is 1.90. The Balaban J connectivity index is 2.10. The molecule has 116 valence electrons. The second-order valence-corrected chi connectivity index (χ2v) is 6.62. The smallest absolute Gasteiger partial charge is 0.237 e. The Labute approximate surface area is 139 Å². The highest BCUT2D eigenvalue weighted by Crippen LogP contribution is 2.26. The summed E-state index contributed by atoms with van der Waals surface area (Å²) >= 11 is 7.43. The molecule has 0 saturated carbocycles. The van der Waals surface area contributed by atoms with E-state index >= 15 is 0 Å². The van der Waals surface area contributed by atoms with Crippen molar-refractivity contribution in [2.45, 2.75) is 37.5 Å². The zero-order chi connectivity index (χ0) is 16.1. The summed E-state index contributed by atoms with van der Waals surface area (Å²) in [6, 6.07) is 7.34. The maximum Gasteiger partial charge on any atom is 0.237 e. The average molecular weight is 336 g/mol. The fourth-order valence-corrected chi connectivity index (χ4v) is 3.05. The third-order valence-corrected chi connectivity index (χ3v) is 4.69. The lowest BCUT2D eigenvalue weighted by Gasteiger charge is -2.15. The summed E-state index contributed by atoms with van der Waals surface area (Å²) in [4.78, 5) is 20.7. The molecule has 0 bridgehead atoms. The van der Waals surface area contributed by atoms with Gasteiger partial charge in [-0.3, -0.25) is 4.79 Å². The van der Waals surface area contributed by atoms with E-state index in [9.17, 15) is 4.79 Å². The molecular weight excluding hydrogens is 318 g/mol. The van der Waals surface area contributed by atoms with Crippen molar-refractivity contribution in [3.05, 3.63) is 46.9 Å². The van der Waals surface area contributed by atoms with E-state index in [1.165, 1.54) is 18.1 Å². The Bertz CT molecular complexity index is 678. The van der Waals surface area contributed by atoms with Gasteiger partial charge in [0.2, 0.25) is 5.91 Å². The van der Waals surface area contributed by atoms with Crippen molar-refractivity contribution < 1.29 is 4.79 Å². The number of anilines is 1. The molecular formula is C16H18ClN3OS. The number of halogens is 1. The SMILES string of the molecule is CCC(Sc1cc(C)ncn1)C(=O)Nc1cc(Cl)ccc1C. The van der Waals surface area contributed by atoms with Gasteiger partial charge >= 0.3 is 0 Å². The number of rotatable bonds is 5. The van der Waals surface area contributed by atoms with Crippen LogP contribution in [0.1, 0.15) is 24.6 Å². The summed E-state index contributed by atoms with van der Waals surface area (Å²) in [6.45, 7) is 5.83. The quantitative estimate of drug-likeness (QED) is 0.655. The van der Waals surface area contributed by atoms with E-state index in [-0.39, 0.29) is 11.2 Å². The van der Waals surface area contributed by atoms with E-state index in [1.54, 1.807) is 6.07 Å². The summed E-state index contributed by atoms with van der Waals surface area (Å²) in [5.74, 6) is -0.0471. The lowest BCUT2D eigenvalue weighted by Crippen LogP contribution is -2.25. The number of carbonyl (C=O) groups is 1. The molecule has 1 heterocycles. The molecule has 0 aliphatic rings. The predicted octanol–water partition coefficient (Wildman–Crippen LogP) is 4.26. The number of aromatic nitrogens is 2. The molecule has 0 saturated heterocycles. The van der Waals surface area contributed by atoms with Gasteiger partial charge in [-0.25, -0.2) is 9.97 Å². The van der Waals surface area contributed by atoms with Gasteiger partial charge in [-0.2, -0.15) is 0 Å². The Morgan fingerprint density at radius 2 is 2.09 bits per heavy atom. The summed E-state index contributed by atoms with van der Waals surface area (Å²) < 4.78 is 0. The molecule has 2 rings (SSSR count). The third kappa shape index (κ3) is 4.45. The molecule has 6 heteroatoms. The van der Waals surface area contributed by atoms with Crippen LogP contribution in [0.3, 0.4) is 0 Å². The van der Waals surface area contributed by atoms with Crippen LogP contribution in [0.2, 0.25) is 5.02 Å². The third-order valence-electron chi connectivity index (χ3n) is 3.16. The lowest BCUT2D eigenvalue weighted by molar-refractivity contribution is -0.115. The topological polar surface area (TPSA) is 54.9 Å². The Kier molecular flexibility index (Phi) is 5.80. The van der Waals surface area contributed by atoms with Gasteiger partial charge < -0.3 is 5.32 Å². The number of amides is 1. The van der Waals surface area contributed by atoms with Crippen LogP contribution in [0.25, 0.3) is 0 Å². The zero-order valence-electron chi connectivity index (χ0n) is 12.8. The van der Waals surface area contributed by atoms with Crippen LogP contribution in [0.4, 0.5) is 5.69 Å². The van der Waals surface area contributed by atoms with Crippen molar-refractivity contribution in [1.82, 2.24) is 9.97 Å². The number of nitrogens with one attached hydrogen (secondary N) is 1. The molecule has 1 amide bonds. The normalized spacial score (nSPS) is 12.0. The Morgan fingerprint density at radius 3 is 2.77 bits per heavy atom. The minimum absolute atomic E-state index is 0.0471. The standard InChI is InChI=1S/C16H18ClN3OS/c1-4-14(22-15-7-11(3)18-9-19-15)16(21)20-13-8-12(17)6-5-10(13)2/h5-9,14H,4H2,1-3H3,(H,20,21). The number of thioether (sulfide) groups is 1. The summed E-state index contributed by atoms with van der Waals surface area (Å²) in [5.41, 5.74) is 2.62. The molecule has 22 heavy (non-hydrogen) atoms. The van der Waals surface area contributed by atoms with Crippen LogP contribution in [0.15, 0.2) is 35.6 Å². The first-order valence-electron chi connectivity index (χ1n) is 7.02. The number of carbonyl (C=O) groups excluding carboxylic acids is 1. The predicted molar refractivity (Wildman–Crippen MR) is 91.5 cm³/mol. The number of hydrogen-bond acceptors (Lipinski definition) is 4. The molecule has 1 unspecified atom stereocenters. The van der Waals surface area contributed by atoms with Gasteiger partial charge in [0.15, 0.2) is 0 Å². The van der Waals surface area contributed by atoms with E-state index < -0.39 is 0 Å². The molecule has 0 aliphatic carbocycles. The second kappa shape index (κ2) is 7.61. The highest BCUT2D eigenvalue weighted by atomic mass is 35.5. The molecule has 0 spiro atoms. The maximum absolute atomic E-state index is 12.5. The molecule has 0 radical (unpaired) electrons. The van der Waals surface area contributed by atoms with Crippen molar-refractivity contribution in [2.24, 2.45) is 0 Å². The van der Waals surface area contributed by atoms with Crippen LogP contribution in [0, 0.1) is 13.8 Å². The highest BCUT2D eigenvalue weighted by Gasteiger charge is 2.19. The van der Waals surface area contributed by atoms with E-state index in [0.29, 0.717) is 11.4 Å². The number of hydrogen-bond donors (Lipinski definition) is 1. The average Bonchev–Trinajstić information content (AvgIpc) is 2.48. The molecule has 1 aromatic heterocycles. The fraction of sp³-hybridized carbons (Fsp3) is 0.312. The number of benzene rings is 1. The number of aryl methyl sites for hydroxylation is 2. The monoisotopic (exact) mass is 335 g/mol. The van der Waals surface area contributed by atoms with Crippen LogP contribution < -0.4 is 5.32 Å². The molecule has 2 aromatic rings. The molecule has 0 fully saturated rings.